The fourth-order valence-corrected chi connectivity index (χ4v) is 2.75. The first-order valence-electron chi connectivity index (χ1n) is 5.66. The maximum Gasteiger partial charge on any atom is 0.238 e. The molecular weight excluding hydrogens is 368 g/mol. The normalized spacial score (nSPS) is 11.4. The topological polar surface area (TPSA) is 69.4 Å². The molecule has 8 heteroatoms. The highest BCUT2D eigenvalue weighted by molar-refractivity contribution is 9.10. The molecule has 0 aliphatic heterocycles. The summed E-state index contributed by atoms with van der Waals surface area (Å²) in [7, 11) is -3.81. The number of benzene rings is 2. The lowest BCUT2D eigenvalue weighted by Gasteiger charge is -2.10. The van der Waals surface area contributed by atoms with Crippen LogP contribution in [0.2, 0.25) is 0 Å². The first-order chi connectivity index (χ1) is 9.77. The predicted octanol–water partition coefficient (Wildman–Crippen LogP) is 2.95. The van der Waals surface area contributed by atoms with Gasteiger partial charge in [0, 0.05) is 11.6 Å². The predicted molar refractivity (Wildman–Crippen MR) is 76.2 cm³/mol. The molecule has 0 aliphatic rings. The van der Waals surface area contributed by atoms with E-state index < -0.39 is 21.7 Å². The number of primary sulfonamides is 1. The molecule has 2 aromatic rings. The van der Waals surface area contributed by atoms with E-state index in [-0.39, 0.29) is 17.1 Å². The third-order valence-corrected chi connectivity index (χ3v) is 4.16. The Balaban J connectivity index is 2.17. The lowest BCUT2D eigenvalue weighted by molar-refractivity contribution is 0.297. The van der Waals surface area contributed by atoms with Gasteiger partial charge in [-0.3, -0.25) is 0 Å². The average molecular weight is 378 g/mol. The van der Waals surface area contributed by atoms with Crippen LogP contribution in [0.4, 0.5) is 8.78 Å². The zero-order chi connectivity index (χ0) is 15.6. The van der Waals surface area contributed by atoms with Gasteiger partial charge in [-0.1, -0.05) is 0 Å². The highest BCUT2D eigenvalue weighted by Gasteiger charge is 2.12. The summed E-state index contributed by atoms with van der Waals surface area (Å²) in [5.74, 6) is -1.08. The van der Waals surface area contributed by atoms with Crippen molar-refractivity contribution in [3.8, 4) is 5.75 Å². The number of hydrogen-bond donors (Lipinski definition) is 1. The van der Waals surface area contributed by atoms with Crippen LogP contribution < -0.4 is 9.88 Å². The van der Waals surface area contributed by atoms with Gasteiger partial charge in [0.15, 0.2) is 0 Å². The SMILES string of the molecule is NS(=O)(=O)c1ccc(OCc2ccc(F)cc2F)c(Br)c1. The Morgan fingerprint density at radius 2 is 1.86 bits per heavy atom. The van der Waals surface area contributed by atoms with Crippen molar-refractivity contribution in [3.63, 3.8) is 0 Å². The van der Waals surface area contributed by atoms with Gasteiger partial charge in [0.2, 0.25) is 10.0 Å². The van der Waals surface area contributed by atoms with Gasteiger partial charge in [-0.2, -0.15) is 0 Å². The molecule has 0 aromatic heterocycles. The van der Waals surface area contributed by atoms with Crippen LogP contribution in [-0.2, 0) is 16.6 Å². The van der Waals surface area contributed by atoms with Crippen LogP contribution in [0.1, 0.15) is 5.56 Å². The van der Waals surface area contributed by atoms with Crippen molar-refractivity contribution in [2.24, 2.45) is 5.14 Å². The molecule has 2 N–H and O–H groups in total. The van der Waals surface area contributed by atoms with Gasteiger partial charge in [-0.15, -0.1) is 0 Å². The second-order valence-electron chi connectivity index (χ2n) is 4.16. The van der Waals surface area contributed by atoms with Gasteiger partial charge >= 0.3 is 0 Å². The first kappa shape index (κ1) is 15.9. The third-order valence-electron chi connectivity index (χ3n) is 2.63. The Labute approximate surface area is 128 Å². The number of rotatable bonds is 4. The maximum atomic E-state index is 13.4. The molecule has 0 fully saturated rings. The van der Waals surface area contributed by atoms with E-state index in [1.165, 1.54) is 24.3 Å². The molecule has 2 aromatic carbocycles. The molecule has 0 atom stereocenters. The zero-order valence-corrected chi connectivity index (χ0v) is 12.9. The number of sulfonamides is 1. The van der Waals surface area contributed by atoms with Crippen molar-refractivity contribution in [1.29, 1.82) is 0 Å². The number of halogens is 3. The van der Waals surface area contributed by atoms with Crippen LogP contribution >= 0.6 is 15.9 Å². The summed E-state index contributed by atoms with van der Waals surface area (Å²) in [6, 6.07) is 7.11. The molecule has 0 bridgehead atoms. The van der Waals surface area contributed by atoms with Crippen LogP contribution in [-0.4, -0.2) is 8.42 Å². The van der Waals surface area contributed by atoms with E-state index in [2.05, 4.69) is 15.9 Å². The molecule has 0 amide bonds. The molecule has 0 radical (unpaired) electrons. The minimum atomic E-state index is -3.81. The van der Waals surface area contributed by atoms with Crippen LogP contribution in [0.5, 0.6) is 5.75 Å². The van der Waals surface area contributed by atoms with Crippen molar-refractivity contribution >= 4 is 26.0 Å². The second kappa shape index (κ2) is 6.08. The number of hydrogen-bond acceptors (Lipinski definition) is 3. The standard InChI is InChI=1S/C13H10BrF2NO3S/c14-11-6-10(21(17,18)19)3-4-13(11)20-7-8-1-2-9(15)5-12(8)16/h1-6H,7H2,(H2,17,18,19). The van der Waals surface area contributed by atoms with Crippen LogP contribution in [0.15, 0.2) is 45.8 Å². The van der Waals surface area contributed by atoms with E-state index in [0.29, 0.717) is 10.2 Å². The Bertz CT molecular complexity index is 781. The molecule has 21 heavy (non-hydrogen) atoms. The lowest BCUT2D eigenvalue weighted by atomic mass is 10.2. The molecule has 4 nitrogen and oxygen atoms in total. The summed E-state index contributed by atoms with van der Waals surface area (Å²) in [6.45, 7) is -0.126. The van der Waals surface area contributed by atoms with Crippen molar-refractivity contribution < 1.29 is 21.9 Å². The molecule has 0 heterocycles. The van der Waals surface area contributed by atoms with Crippen molar-refractivity contribution in [1.82, 2.24) is 0 Å². The van der Waals surface area contributed by atoms with Crippen LogP contribution in [0, 0.1) is 11.6 Å². The monoisotopic (exact) mass is 377 g/mol. The highest BCUT2D eigenvalue weighted by Crippen LogP contribution is 2.28. The van der Waals surface area contributed by atoms with Crippen molar-refractivity contribution in [2.75, 3.05) is 0 Å². The number of nitrogens with two attached hydrogens (primary N) is 1. The van der Waals surface area contributed by atoms with Crippen molar-refractivity contribution in [2.45, 2.75) is 11.5 Å². The average Bonchev–Trinajstić information content (AvgIpc) is 2.38. The summed E-state index contributed by atoms with van der Waals surface area (Å²) in [4.78, 5) is -0.0744. The van der Waals surface area contributed by atoms with E-state index in [9.17, 15) is 17.2 Å². The van der Waals surface area contributed by atoms with Gasteiger partial charge < -0.3 is 4.74 Å². The molecule has 0 saturated heterocycles. The van der Waals surface area contributed by atoms with E-state index in [0.717, 1.165) is 12.1 Å². The summed E-state index contributed by atoms with van der Waals surface area (Å²) in [6.07, 6.45) is 0. The quantitative estimate of drug-likeness (QED) is 0.890. The molecule has 0 saturated carbocycles. The first-order valence-corrected chi connectivity index (χ1v) is 8.00. The van der Waals surface area contributed by atoms with Gasteiger partial charge in [-0.25, -0.2) is 22.3 Å². The largest absolute Gasteiger partial charge is 0.488 e. The smallest absolute Gasteiger partial charge is 0.238 e. The Morgan fingerprint density at radius 1 is 1.14 bits per heavy atom. The summed E-state index contributed by atoms with van der Waals surface area (Å²) in [5, 5.41) is 5.00. The molecular formula is C13H10BrF2NO3S. The molecule has 112 valence electrons. The van der Waals surface area contributed by atoms with Gasteiger partial charge in [0.05, 0.1) is 9.37 Å². The lowest BCUT2D eigenvalue weighted by Crippen LogP contribution is -2.12. The number of ether oxygens (including phenoxy) is 1. The minimum Gasteiger partial charge on any atom is -0.488 e. The Hall–Kier alpha value is -1.51. The van der Waals surface area contributed by atoms with Gasteiger partial charge in [0.1, 0.15) is 24.0 Å². The second-order valence-corrected chi connectivity index (χ2v) is 6.58. The molecule has 2 rings (SSSR count). The van der Waals surface area contributed by atoms with Crippen LogP contribution in [0.25, 0.3) is 0 Å². The van der Waals surface area contributed by atoms with Gasteiger partial charge in [0.25, 0.3) is 0 Å². The van der Waals surface area contributed by atoms with Gasteiger partial charge in [-0.05, 0) is 46.3 Å². The fraction of sp³-hybridized carbons (Fsp3) is 0.0769. The Kier molecular flexibility index (Phi) is 4.60. The highest BCUT2D eigenvalue weighted by atomic mass is 79.9. The summed E-state index contributed by atoms with van der Waals surface area (Å²) >= 11 is 3.14. The molecule has 0 aliphatic carbocycles. The third kappa shape index (κ3) is 3.99. The van der Waals surface area contributed by atoms with E-state index >= 15 is 0 Å². The van der Waals surface area contributed by atoms with E-state index in [1.807, 2.05) is 0 Å². The zero-order valence-electron chi connectivity index (χ0n) is 10.5. The van der Waals surface area contributed by atoms with Crippen LogP contribution in [0.3, 0.4) is 0 Å². The minimum absolute atomic E-state index is 0.0744. The molecule has 0 unspecified atom stereocenters. The molecule has 0 spiro atoms. The van der Waals surface area contributed by atoms with E-state index in [4.69, 9.17) is 9.88 Å². The van der Waals surface area contributed by atoms with Crippen molar-refractivity contribution in [3.05, 3.63) is 58.1 Å². The maximum absolute atomic E-state index is 13.4. The fourth-order valence-electron chi connectivity index (χ4n) is 1.57. The summed E-state index contributed by atoms with van der Waals surface area (Å²) in [5.41, 5.74) is 0.179. The summed E-state index contributed by atoms with van der Waals surface area (Å²) < 4.78 is 54.3. The Morgan fingerprint density at radius 3 is 2.43 bits per heavy atom. The van der Waals surface area contributed by atoms with E-state index in [1.54, 1.807) is 0 Å².